The molecular formula is C22H30FN3O2. The lowest BCUT2D eigenvalue weighted by molar-refractivity contribution is -0.133. The van der Waals surface area contributed by atoms with Crippen molar-refractivity contribution in [1.82, 2.24) is 14.8 Å². The number of likely N-dealkylation sites (tertiary alicyclic amines) is 1. The van der Waals surface area contributed by atoms with E-state index in [1.807, 2.05) is 6.92 Å². The van der Waals surface area contributed by atoms with Crippen molar-refractivity contribution < 1.29 is 14.0 Å². The second kappa shape index (κ2) is 8.76. The molecule has 28 heavy (non-hydrogen) atoms. The van der Waals surface area contributed by atoms with Gasteiger partial charge in [-0.15, -0.1) is 0 Å². The maximum Gasteiger partial charge on any atom is 0.269 e. The zero-order valence-electron chi connectivity index (χ0n) is 17.1. The van der Waals surface area contributed by atoms with E-state index in [0.717, 1.165) is 43.3 Å². The molecule has 4 rings (SSSR count). The zero-order chi connectivity index (χ0) is 20.3. The third-order valence-corrected chi connectivity index (χ3v) is 5.45. The number of benzene rings is 1. The number of hydrogen-bond acceptors (Lipinski definition) is 2. The predicted octanol–water partition coefficient (Wildman–Crippen LogP) is 3.98. The van der Waals surface area contributed by atoms with Crippen LogP contribution in [0.3, 0.4) is 0 Å². The summed E-state index contributed by atoms with van der Waals surface area (Å²) in [7, 11) is 3.34. The van der Waals surface area contributed by atoms with Crippen LogP contribution in [-0.2, 0) is 11.2 Å². The van der Waals surface area contributed by atoms with E-state index < -0.39 is 0 Å². The standard InChI is InChI=1S/C13H15FN2O.C9H15NO/c1-4-8-5-6-10(14)12-9(8)7-11(15-12)13(17)16(2)3;11-9(8-4-5-8)10-6-2-1-3-7-10/h5-7,15H,4H2,1-3H3;8H,1-7H2. The number of carbonyl (C=O) groups excluding carboxylic acids is 2. The Bertz CT molecular complexity index is 849. The molecule has 1 aliphatic heterocycles. The molecule has 0 spiro atoms. The van der Waals surface area contributed by atoms with E-state index in [1.54, 1.807) is 26.2 Å². The van der Waals surface area contributed by atoms with E-state index in [2.05, 4.69) is 9.88 Å². The largest absolute Gasteiger partial charge is 0.348 e. The Labute approximate surface area is 165 Å². The van der Waals surface area contributed by atoms with Gasteiger partial charge in [0.25, 0.3) is 5.91 Å². The summed E-state index contributed by atoms with van der Waals surface area (Å²) in [6.07, 6.45) is 6.86. The van der Waals surface area contributed by atoms with Gasteiger partial charge in [-0.25, -0.2) is 4.39 Å². The molecule has 5 nitrogen and oxygen atoms in total. The van der Waals surface area contributed by atoms with Crippen molar-refractivity contribution in [3.8, 4) is 0 Å². The number of nitrogens with one attached hydrogen (secondary N) is 1. The van der Waals surface area contributed by atoms with Gasteiger partial charge in [0.1, 0.15) is 11.5 Å². The minimum Gasteiger partial charge on any atom is -0.348 e. The number of amides is 2. The summed E-state index contributed by atoms with van der Waals surface area (Å²) in [6.45, 7) is 4.05. The Balaban J connectivity index is 0.000000176. The number of aromatic nitrogens is 1. The van der Waals surface area contributed by atoms with Gasteiger partial charge in [-0.3, -0.25) is 9.59 Å². The first-order valence-electron chi connectivity index (χ1n) is 10.2. The molecule has 1 aliphatic carbocycles. The molecule has 6 heteroatoms. The normalized spacial score (nSPS) is 16.5. The number of nitrogens with zero attached hydrogens (tertiary/aromatic N) is 2. The van der Waals surface area contributed by atoms with Gasteiger partial charge in [0, 0.05) is 38.5 Å². The van der Waals surface area contributed by atoms with Crippen molar-refractivity contribution in [2.45, 2.75) is 45.4 Å². The number of carbonyl (C=O) groups is 2. The van der Waals surface area contributed by atoms with Crippen LogP contribution < -0.4 is 0 Å². The van der Waals surface area contributed by atoms with E-state index in [9.17, 15) is 14.0 Å². The predicted molar refractivity (Wildman–Crippen MR) is 109 cm³/mol. The quantitative estimate of drug-likeness (QED) is 0.866. The fourth-order valence-electron chi connectivity index (χ4n) is 3.61. The minimum absolute atomic E-state index is 0.150. The van der Waals surface area contributed by atoms with Crippen LogP contribution >= 0.6 is 0 Å². The van der Waals surface area contributed by atoms with E-state index in [0.29, 0.717) is 23.0 Å². The highest BCUT2D eigenvalue weighted by molar-refractivity contribution is 5.98. The highest BCUT2D eigenvalue weighted by Crippen LogP contribution is 2.31. The maximum atomic E-state index is 13.6. The van der Waals surface area contributed by atoms with Crippen LogP contribution in [-0.4, -0.2) is 53.8 Å². The topological polar surface area (TPSA) is 56.4 Å². The second-order valence-corrected chi connectivity index (χ2v) is 7.89. The van der Waals surface area contributed by atoms with E-state index in [1.165, 1.54) is 30.2 Å². The van der Waals surface area contributed by atoms with Crippen LogP contribution in [0.4, 0.5) is 4.39 Å². The molecule has 2 amide bonds. The van der Waals surface area contributed by atoms with E-state index in [-0.39, 0.29) is 11.7 Å². The summed E-state index contributed by atoms with van der Waals surface area (Å²) < 4.78 is 13.6. The Kier molecular flexibility index (Phi) is 6.37. The average molecular weight is 387 g/mol. The molecule has 2 heterocycles. The fourth-order valence-corrected chi connectivity index (χ4v) is 3.61. The van der Waals surface area contributed by atoms with Crippen molar-refractivity contribution in [3.05, 3.63) is 35.3 Å². The number of H-pyrrole nitrogens is 1. The summed E-state index contributed by atoms with van der Waals surface area (Å²) >= 11 is 0. The highest BCUT2D eigenvalue weighted by Gasteiger charge is 2.33. The Morgan fingerprint density at radius 2 is 1.86 bits per heavy atom. The molecule has 0 unspecified atom stereocenters. The molecule has 0 atom stereocenters. The third-order valence-electron chi connectivity index (χ3n) is 5.45. The Hall–Kier alpha value is -2.37. The van der Waals surface area contributed by atoms with Crippen LogP contribution in [0.2, 0.25) is 0 Å². The van der Waals surface area contributed by atoms with Crippen LogP contribution in [0.25, 0.3) is 10.9 Å². The summed E-state index contributed by atoms with van der Waals surface area (Å²) in [6, 6.07) is 4.91. The molecule has 2 aliphatic rings. The molecule has 1 saturated heterocycles. The summed E-state index contributed by atoms with van der Waals surface area (Å²) in [4.78, 5) is 29.7. The first-order valence-corrected chi connectivity index (χ1v) is 10.2. The van der Waals surface area contributed by atoms with Crippen molar-refractivity contribution in [3.63, 3.8) is 0 Å². The van der Waals surface area contributed by atoms with Crippen molar-refractivity contribution >= 4 is 22.7 Å². The van der Waals surface area contributed by atoms with Crippen molar-refractivity contribution in [1.29, 1.82) is 0 Å². The summed E-state index contributed by atoms with van der Waals surface area (Å²) in [5, 5.41) is 0.790. The molecule has 0 bridgehead atoms. The molecule has 1 aromatic carbocycles. The minimum atomic E-state index is -0.324. The Morgan fingerprint density at radius 1 is 1.18 bits per heavy atom. The zero-order valence-corrected chi connectivity index (χ0v) is 17.1. The van der Waals surface area contributed by atoms with Gasteiger partial charge in [-0.1, -0.05) is 13.0 Å². The van der Waals surface area contributed by atoms with Crippen molar-refractivity contribution in [2.24, 2.45) is 5.92 Å². The summed E-state index contributed by atoms with van der Waals surface area (Å²) in [5.74, 6) is 0.385. The van der Waals surface area contributed by atoms with Gasteiger partial charge in [0.15, 0.2) is 0 Å². The molecule has 1 aromatic heterocycles. The van der Waals surface area contributed by atoms with Crippen LogP contribution in [0, 0.1) is 11.7 Å². The lowest BCUT2D eigenvalue weighted by Gasteiger charge is -2.26. The van der Waals surface area contributed by atoms with Crippen LogP contribution in [0.1, 0.15) is 55.1 Å². The SMILES string of the molecule is CCc1ccc(F)c2[nH]c(C(=O)N(C)C)cc12.O=C(C1CC1)N1CCCCC1. The number of piperidine rings is 1. The maximum absolute atomic E-state index is 13.6. The molecule has 152 valence electrons. The monoisotopic (exact) mass is 387 g/mol. The Morgan fingerprint density at radius 3 is 2.43 bits per heavy atom. The molecule has 2 fully saturated rings. The van der Waals surface area contributed by atoms with Crippen molar-refractivity contribution in [2.75, 3.05) is 27.2 Å². The number of aryl methyl sites for hydroxylation is 1. The number of fused-ring (bicyclic) bond motifs is 1. The van der Waals surface area contributed by atoms with Gasteiger partial charge >= 0.3 is 0 Å². The second-order valence-electron chi connectivity index (χ2n) is 7.89. The fraction of sp³-hybridized carbons (Fsp3) is 0.545. The number of rotatable bonds is 3. The average Bonchev–Trinajstić information content (AvgIpc) is 3.46. The van der Waals surface area contributed by atoms with Gasteiger partial charge in [-0.05, 0) is 56.2 Å². The molecule has 1 saturated carbocycles. The van der Waals surface area contributed by atoms with Gasteiger partial charge in [0.2, 0.25) is 5.91 Å². The molecule has 2 aromatic rings. The third kappa shape index (κ3) is 4.54. The van der Waals surface area contributed by atoms with Gasteiger partial charge < -0.3 is 14.8 Å². The van der Waals surface area contributed by atoms with Crippen LogP contribution in [0.5, 0.6) is 0 Å². The highest BCUT2D eigenvalue weighted by atomic mass is 19.1. The van der Waals surface area contributed by atoms with Gasteiger partial charge in [0.05, 0.1) is 5.52 Å². The number of halogens is 1. The van der Waals surface area contributed by atoms with E-state index >= 15 is 0 Å². The smallest absolute Gasteiger partial charge is 0.269 e. The number of aromatic amines is 1. The van der Waals surface area contributed by atoms with Gasteiger partial charge in [-0.2, -0.15) is 0 Å². The first kappa shape index (κ1) is 20.4. The lowest BCUT2D eigenvalue weighted by atomic mass is 10.1. The molecule has 0 radical (unpaired) electrons. The number of hydrogen-bond donors (Lipinski definition) is 1. The van der Waals surface area contributed by atoms with E-state index in [4.69, 9.17) is 0 Å². The summed E-state index contributed by atoms with van der Waals surface area (Å²) in [5.41, 5.74) is 1.87. The van der Waals surface area contributed by atoms with Crippen LogP contribution in [0.15, 0.2) is 18.2 Å². The molecular weight excluding hydrogens is 357 g/mol. The first-order chi connectivity index (χ1) is 13.4. The molecule has 1 N–H and O–H groups in total. The lowest BCUT2D eigenvalue weighted by Crippen LogP contribution is -2.36.